The lowest BCUT2D eigenvalue weighted by Gasteiger charge is -2.12. The van der Waals surface area contributed by atoms with Gasteiger partial charge in [-0.25, -0.2) is 4.57 Å². The fourth-order valence-corrected chi connectivity index (χ4v) is 4.28. The number of allylic oxidation sites excluding steroid dienone is 4. The van der Waals surface area contributed by atoms with Crippen LogP contribution in [0.25, 0.3) is 16.8 Å². The van der Waals surface area contributed by atoms with Crippen LogP contribution in [0.3, 0.4) is 0 Å². The molecular formula is C26H26N2O+2. The van der Waals surface area contributed by atoms with Gasteiger partial charge >= 0.3 is 0 Å². The van der Waals surface area contributed by atoms with Crippen molar-refractivity contribution in [2.75, 3.05) is 0 Å². The number of phenols is 1. The Labute approximate surface area is 171 Å². The van der Waals surface area contributed by atoms with Crippen molar-refractivity contribution >= 4 is 0 Å². The molecule has 0 aliphatic heterocycles. The molecule has 1 fully saturated rings. The van der Waals surface area contributed by atoms with Crippen LogP contribution in [-0.2, 0) is 6.54 Å². The van der Waals surface area contributed by atoms with Crippen LogP contribution in [-0.4, -0.2) is 5.11 Å². The first kappa shape index (κ1) is 17.9. The van der Waals surface area contributed by atoms with E-state index in [4.69, 9.17) is 0 Å². The molecule has 0 radical (unpaired) electrons. The molecule has 3 aromatic rings. The highest BCUT2D eigenvalue weighted by molar-refractivity contribution is 5.72. The van der Waals surface area contributed by atoms with Gasteiger partial charge in [0.15, 0.2) is 24.8 Å². The molecule has 2 aromatic heterocycles. The molecule has 0 saturated heterocycles. The number of aryl methyl sites for hydroxylation is 1. The van der Waals surface area contributed by atoms with Crippen molar-refractivity contribution in [3.8, 4) is 22.6 Å². The van der Waals surface area contributed by atoms with E-state index in [9.17, 15) is 5.11 Å². The third kappa shape index (κ3) is 3.61. The van der Waals surface area contributed by atoms with Crippen LogP contribution in [0.1, 0.15) is 32.6 Å². The summed E-state index contributed by atoms with van der Waals surface area (Å²) >= 11 is 0. The van der Waals surface area contributed by atoms with Crippen molar-refractivity contribution in [2.24, 2.45) is 0 Å². The van der Waals surface area contributed by atoms with Gasteiger partial charge in [0.25, 0.3) is 0 Å². The average Bonchev–Trinajstić information content (AvgIpc) is 3.50. The molecule has 0 atom stereocenters. The van der Waals surface area contributed by atoms with Crippen molar-refractivity contribution in [1.82, 2.24) is 0 Å². The van der Waals surface area contributed by atoms with E-state index in [-0.39, 0.29) is 5.75 Å². The van der Waals surface area contributed by atoms with Gasteiger partial charge in [0.1, 0.15) is 12.3 Å². The zero-order valence-electron chi connectivity index (χ0n) is 16.8. The lowest BCUT2D eigenvalue weighted by Crippen LogP contribution is -2.32. The second-order valence-electron chi connectivity index (χ2n) is 8.03. The SMILES string of the molecule is CC1=C2CC2=C1CCCC[n+]1ccc(-c2cc[n+](-c3ccc(O)cc3)cc2)cc1. The van der Waals surface area contributed by atoms with E-state index in [0.717, 1.165) is 12.2 Å². The monoisotopic (exact) mass is 382 g/mol. The summed E-state index contributed by atoms with van der Waals surface area (Å²) in [6.07, 6.45) is 13.5. The van der Waals surface area contributed by atoms with E-state index in [2.05, 4.69) is 60.5 Å². The molecule has 2 aliphatic carbocycles. The van der Waals surface area contributed by atoms with Gasteiger partial charge in [-0.3, -0.25) is 0 Å². The Morgan fingerprint density at radius 3 is 2.07 bits per heavy atom. The largest absolute Gasteiger partial charge is 0.508 e. The van der Waals surface area contributed by atoms with Crippen LogP contribution in [0.2, 0.25) is 0 Å². The fraction of sp³-hybridized carbons (Fsp3) is 0.231. The summed E-state index contributed by atoms with van der Waals surface area (Å²) in [4.78, 5) is 0. The Kier molecular flexibility index (Phi) is 4.51. The molecule has 1 aromatic carbocycles. The number of fused-ring (bicyclic) bond motifs is 1. The lowest BCUT2D eigenvalue weighted by atomic mass is 9.94. The summed E-state index contributed by atoms with van der Waals surface area (Å²) in [6, 6.07) is 15.9. The highest BCUT2D eigenvalue weighted by Gasteiger charge is 2.36. The minimum atomic E-state index is 0.285. The van der Waals surface area contributed by atoms with Gasteiger partial charge in [0, 0.05) is 42.8 Å². The molecule has 144 valence electrons. The van der Waals surface area contributed by atoms with Crippen LogP contribution in [0.4, 0.5) is 0 Å². The van der Waals surface area contributed by atoms with Gasteiger partial charge in [0.05, 0.1) is 0 Å². The smallest absolute Gasteiger partial charge is 0.210 e. The molecule has 0 unspecified atom stereocenters. The standard InChI is InChI=1S/C26H25N2O/c1-19-24(26-18-25(19)26)4-2-3-13-27-14-9-20(10-15-27)21-11-16-28(17-12-21)22-5-7-23(29)8-6-22/h5-12,14-17H,2-4,13,18H2,1H3/q+1/p+1. The number of unbranched alkanes of at least 4 members (excludes halogenated alkanes) is 1. The summed E-state index contributed by atoms with van der Waals surface area (Å²) in [5, 5.41) is 9.43. The van der Waals surface area contributed by atoms with Gasteiger partial charge in [-0.1, -0.05) is 0 Å². The molecule has 1 N–H and O–H groups in total. The van der Waals surface area contributed by atoms with Gasteiger partial charge in [-0.2, -0.15) is 4.57 Å². The van der Waals surface area contributed by atoms with Gasteiger partial charge < -0.3 is 5.11 Å². The number of phenolic OH excluding ortho intramolecular Hbond substituents is 1. The predicted molar refractivity (Wildman–Crippen MR) is 113 cm³/mol. The number of nitrogens with zero attached hydrogens (tertiary/aromatic N) is 2. The summed E-state index contributed by atoms with van der Waals surface area (Å²) in [5.41, 5.74) is 10.0. The lowest BCUT2D eigenvalue weighted by molar-refractivity contribution is -0.697. The molecule has 5 rings (SSSR count). The van der Waals surface area contributed by atoms with E-state index in [1.165, 1.54) is 36.8 Å². The normalized spacial score (nSPS) is 14.7. The van der Waals surface area contributed by atoms with Gasteiger partial charge in [-0.15, -0.1) is 0 Å². The molecule has 3 nitrogen and oxygen atoms in total. The summed E-state index contributed by atoms with van der Waals surface area (Å²) in [5.74, 6) is 0.285. The Morgan fingerprint density at radius 1 is 0.793 bits per heavy atom. The van der Waals surface area contributed by atoms with Crippen LogP contribution in [0, 0.1) is 0 Å². The minimum Gasteiger partial charge on any atom is -0.508 e. The Balaban J connectivity index is 1.16. The quantitative estimate of drug-likeness (QED) is 0.460. The maximum atomic E-state index is 9.43. The third-order valence-corrected chi connectivity index (χ3v) is 6.16. The first-order chi connectivity index (χ1) is 14.2. The zero-order chi connectivity index (χ0) is 19.8. The highest BCUT2D eigenvalue weighted by Crippen LogP contribution is 2.54. The molecule has 1 saturated carbocycles. The van der Waals surface area contributed by atoms with Crippen molar-refractivity contribution in [1.29, 1.82) is 0 Å². The molecular weight excluding hydrogens is 356 g/mol. The van der Waals surface area contributed by atoms with Crippen LogP contribution < -0.4 is 9.13 Å². The molecule has 3 heteroatoms. The van der Waals surface area contributed by atoms with Crippen LogP contribution >= 0.6 is 0 Å². The van der Waals surface area contributed by atoms with E-state index >= 15 is 0 Å². The number of hydrogen-bond donors (Lipinski definition) is 1. The molecule has 0 bridgehead atoms. The van der Waals surface area contributed by atoms with Crippen molar-refractivity contribution in [3.05, 3.63) is 95.6 Å². The van der Waals surface area contributed by atoms with E-state index in [1.54, 1.807) is 34.4 Å². The topological polar surface area (TPSA) is 28.0 Å². The summed E-state index contributed by atoms with van der Waals surface area (Å²) in [6.45, 7) is 3.36. The van der Waals surface area contributed by atoms with Crippen LogP contribution in [0.15, 0.2) is 95.6 Å². The van der Waals surface area contributed by atoms with Gasteiger partial charge in [-0.05, 0) is 71.7 Å². The van der Waals surface area contributed by atoms with Gasteiger partial charge in [0.2, 0.25) is 5.69 Å². The highest BCUT2D eigenvalue weighted by atomic mass is 16.3. The van der Waals surface area contributed by atoms with Crippen molar-refractivity contribution < 1.29 is 14.2 Å². The van der Waals surface area contributed by atoms with E-state index < -0.39 is 0 Å². The average molecular weight is 383 g/mol. The second kappa shape index (κ2) is 7.32. The molecule has 0 spiro atoms. The summed E-state index contributed by atoms with van der Waals surface area (Å²) in [7, 11) is 0. The predicted octanol–water partition coefficient (Wildman–Crippen LogP) is 4.82. The Hall–Kier alpha value is -3.20. The first-order valence-corrected chi connectivity index (χ1v) is 10.4. The van der Waals surface area contributed by atoms with Crippen molar-refractivity contribution in [3.63, 3.8) is 0 Å². The summed E-state index contributed by atoms with van der Waals surface area (Å²) < 4.78 is 4.33. The number of pyridine rings is 2. The van der Waals surface area contributed by atoms with Crippen LogP contribution in [0.5, 0.6) is 5.75 Å². The number of hydrogen-bond acceptors (Lipinski definition) is 1. The number of aromatic nitrogens is 2. The first-order valence-electron chi connectivity index (χ1n) is 10.4. The number of benzene rings is 1. The maximum absolute atomic E-state index is 9.43. The molecule has 2 aliphatic rings. The van der Waals surface area contributed by atoms with Crippen molar-refractivity contribution in [2.45, 2.75) is 39.2 Å². The Bertz CT molecular complexity index is 1100. The molecule has 0 amide bonds. The van der Waals surface area contributed by atoms with E-state index in [0.29, 0.717) is 0 Å². The molecule has 29 heavy (non-hydrogen) atoms. The fourth-order valence-electron chi connectivity index (χ4n) is 4.28. The minimum absolute atomic E-state index is 0.285. The zero-order valence-corrected chi connectivity index (χ0v) is 16.8. The van der Waals surface area contributed by atoms with E-state index in [1.807, 2.05) is 16.7 Å². The second-order valence-corrected chi connectivity index (χ2v) is 8.03. The Morgan fingerprint density at radius 2 is 1.45 bits per heavy atom. The number of aromatic hydroxyl groups is 1. The third-order valence-electron chi connectivity index (χ3n) is 6.16. The number of rotatable bonds is 7. The maximum Gasteiger partial charge on any atom is 0.210 e. The molecule has 2 heterocycles.